The van der Waals surface area contributed by atoms with Crippen LogP contribution < -0.4 is 5.32 Å². The van der Waals surface area contributed by atoms with Gasteiger partial charge in [-0.3, -0.25) is 0 Å². The Morgan fingerprint density at radius 1 is 0.941 bits per heavy atom. The molecule has 0 radical (unpaired) electrons. The molecule has 0 heterocycles. The van der Waals surface area contributed by atoms with Crippen LogP contribution >= 0.6 is 0 Å². The van der Waals surface area contributed by atoms with Crippen molar-refractivity contribution in [2.24, 2.45) is 5.92 Å². The topological polar surface area (TPSA) is 30.5 Å². The van der Waals surface area contributed by atoms with Gasteiger partial charge in [0.25, 0.3) is 0 Å². The van der Waals surface area contributed by atoms with E-state index in [1.807, 2.05) is 13.8 Å². The van der Waals surface area contributed by atoms with Gasteiger partial charge in [0.15, 0.2) is 6.29 Å². The van der Waals surface area contributed by atoms with Gasteiger partial charge in [-0.1, -0.05) is 26.7 Å². The molecular formula is C14H31NO2. The van der Waals surface area contributed by atoms with Gasteiger partial charge in [0.2, 0.25) is 0 Å². The lowest BCUT2D eigenvalue weighted by atomic mass is 9.95. The zero-order chi connectivity index (χ0) is 13.1. The molecule has 0 amide bonds. The number of nitrogens with one attached hydrogen (secondary N) is 1. The van der Waals surface area contributed by atoms with Crippen LogP contribution in [-0.4, -0.2) is 32.1 Å². The molecule has 0 spiro atoms. The van der Waals surface area contributed by atoms with Crippen LogP contribution in [0.15, 0.2) is 0 Å². The molecule has 0 aliphatic rings. The highest BCUT2D eigenvalue weighted by Crippen LogP contribution is 2.12. The van der Waals surface area contributed by atoms with Gasteiger partial charge in [0.1, 0.15) is 0 Å². The number of hydrogen-bond acceptors (Lipinski definition) is 3. The fourth-order valence-corrected chi connectivity index (χ4v) is 2.18. The Kier molecular flexibility index (Phi) is 10.9. The van der Waals surface area contributed by atoms with E-state index in [0.29, 0.717) is 19.3 Å². The molecule has 1 N–H and O–H groups in total. The predicted octanol–water partition coefficient (Wildman–Crippen LogP) is 3.19. The van der Waals surface area contributed by atoms with Crippen LogP contribution in [0.5, 0.6) is 0 Å². The standard InChI is InChI=1S/C14H31NO2/c1-6-13(7-2)12(5)15-11-10-14(16-8-3)17-9-4/h12-15H,6-11H2,1-5H3. The monoisotopic (exact) mass is 245 g/mol. The molecule has 1 atom stereocenters. The summed E-state index contributed by atoms with van der Waals surface area (Å²) in [7, 11) is 0. The van der Waals surface area contributed by atoms with Crippen molar-refractivity contribution in [1.82, 2.24) is 5.32 Å². The minimum absolute atomic E-state index is 0.0496. The first-order valence-corrected chi connectivity index (χ1v) is 7.15. The van der Waals surface area contributed by atoms with Crippen LogP contribution in [0.3, 0.4) is 0 Å². The lowest BCUT2D eigenvalue weighted by molar-refractivity contribution is -0.138. The second kappa shape index (κ2) is 11.0. The molecule has 0 aliphatic heterocycles. The van der Waals surface area contributed by atoms with Crippen molar-refractivity contribution < 1.29 is 9.47 Å². The summed E-state index contributed by atoms with van der Waals surface area (Å²) in [6, 6.07) is 0.578. The Morgan fingerprint density at radius 3 is 1.88 bits per heavy atom. The molecule has 0 rings (SSSR count). The Labute approximate surface area is 107 Å². The molecule has 17 heavy (non-hydrogen) atoms. The highest BCUT2D eigenvalue weighted by Gasteiger charge is 2.13. The van der Waals surface area contributed by atoms with Gasteiger partial charge >= 0.3 is 0 Å². The molecule has 0 bridgehead atoms. The van der Waals surface area contributed by atoms with E-state index in [2.05, 4.69) is 26.1 Å². The SMILES string of the molecule is CCOC(CCNC(C)C(CC)CC)OCC. The Balaban J connectivity index is 3.78. The molecule has 1 unspecified atom stereocenters. The fourth-order valence-electron chi connectivity index (χ4n) is 2.18. The van der Waals surface area contributed by atoms with Crippen LogP contribution in [0.4, 0.5) is 0 Å². The summed E-state index contributed by atoms with van der Waals surface area (Å²) in [6.45, 7) is 13.2. The van der Waals surface area contributed by atoms with E-state index in [1.165, 1.54) is 12.8 Å². The van der Waals surface area contributed by atoms with E-state index < -0.39 is 0 Å². The van der Waals surface area contributed by atoms with Gasteiger partial charge in [-0.2, -0.15) is 0 Å². The molecule has 0 aliphatic carbocycles. The second-order valence-corrected chi connectivity index (χ2v) is 4.45. The average molecular weight is 245 g/mol. The molecular weight excluding hydrogens is 214 g/mol. The van der Waals surface area contributed by atoms with Crippen molar-refractivity contribution in [3.8, 4) is 0 Å². The van der Waals surface area contributed by atoms with E-state index in [9.17, 15) is 0 Å². The molecule has 0 fully saturated rings. The first-order chi connectivity index (χ1) is 8.19. The molecule has 0 saturated carbocycles. The number of ether oxygens (including phenoxy) is 2. The number of rotatable bonds is 11. The van der Waals surface area contributed by atoms with Crippen LogP contribution in [0, 0.1) is 5.92 Å². The Bertz CT molecular complexity index is 152. The smallest absolute Gasteiger partial charge is 0.158 e. The van der Waals surface area contributed by atoms with Crippen molar-refractivity contribution >= 4 is 0 Å². The molecule has 0 aromatic rings. The predicted molar refractivity (Wildman–Crippen MR) is 73.2 cm³/mol. The first-order valence-electron chi connectivity index (χ1n) is 7.15. The lowest BCUT2D eigenvalue weighted by Gasteiger charge is -2.24. The van der Waals surface area contributed by atoms with Crippen molar-refractivity contribution in [2.75, 3.05) is 19.8 Å². The van der Waals surface area contributed by atoms with Crippen LogP contribution in [0.1, 0.15) is 53.9 Å². The molecule has 3 heteroatoms. The summed E-state index contributed by atoms with van der Waals surface area (Å²) in [4.78, 5) is 0. The molecule has 0 aromatic carbocycles. The van der Waals surface area contributed by atoms with E-state index in [0.717, 1.165) is 18.9 Å². The van der Waals surface area contributed by atoms with Gasteiger partial charge in [0.05, 0.1) is 0 Å². The maximum absolute atomic E-state index is 5.52. The minimum Gasteiger partial charge on any atom is -0.353 e. The van der Waals surface area contributed by atoms with Crippen molar-refractivity contribution in [1.29, 1.82) is 0 Å². The van der Waals surface area contributed by atoms with Crippen molar-refractivity contribution in [2.45, 2.75) is 66.2 Å². The van der Waals surface area contributed by atoms with E-state index in [4.69, 9.17) is 9.47 Å². The molecule has 0 saturated heterocycles. The van der Waals surface area contributed by atoms with Crippen LogP contribution in [0.25, 0.3) is 0 Å². The summed E-state index contributed by atoms with van der Waals surface area (Å²) in [5.41, 5.74) is 0. The van der Waals surface area contributed by atoms with Gasteiger partial charge in [-0.25, -0.2) is 0 Å². The van der Waals surface area contributed by atoms with Gasteiger partial charge in [-0.15, -0.1) is 0 Å². The van der Waals surface area contributed by atoms with Gasteiger partial charge in [-0.05, 0) is 26.7 Å². The summed E-state index contributed by atoms with van der Waals surface area (Å²) in [5.74, 6) is 0.771. The normalized spacial score (nSPS) is 13.6. The quantitative estimate of drug-likeness (QED) is 0.567. The zero-order valence-electron chi connectivity index (χ0n) is 12.3. The molecule has 3 nitrogen and oxygen atoms in total. The Morgan fingerprint density at radius 2 is 1.47 bits per heavy atom. The van der Waals surface area contributed by atoms with Gasteiger partial charge < -0.3 is 14.8 Å². The number of hydrogen-bond donors (Lipinski definition) is 1. The van der Waals surface area contributed by atoms with Crippen LogP contribution in [-0.2, 0) is 9.47 Å². The summed E-state index contributed by atoms with van der Waals surface area (Å²) in [6.07, 6.45) is 3.36. The third-order valence-corrected chi connectivity index (χ3v) is 3.31. The van der Waals surface area contributed by atoms with Crippen molar-refractivity contribution in [3.63, 3.8) is 0 Å². The zero-order valence-corrected chi connectivity index (χ0v) is 12.3. The summed E-state index contributed by atoms with van der Waals surface area (Å²) >= 11 is 0. The molecule has 104 valence electrons. The summed E-state index contributed by atoms with van der Waals surface area (Å²) < 4.78 is 11.0. The Hall–Kier alpha value is -0.120. The minimum atomic E-state index is -0.0496. The highest BCUT2D eigenvalue weighted by molar-refractivity contribution is 4.70. The third-order valence-electron chi connectivity index (χ3n) is 3.31. The average Bonchev–Trinajstić information content (AvgIpc) is 2.31. The largest absolute Gasteiger partial charge is 0.353 e. The fraction of sp³-hybridized carbons (Fsp3) is 1.00. The van der Waals surface area contributed by atoms with E-state index in [1.54, 1.807) is 0 Å². The van der Waals surface area contributed by atoms with Crippen molar-refractivity contribution in [3.05, 3.63) is 0 Å². The second-order valence-electron chi connectivity index (χ2n) is 4.45. The maximum Gasteiger partial charge on any atom is 0.158 e. The van der Waals surface area contributed by atoms with E-state index >= 15 is 0 Å². The van der Waals surface area contributed by atoms with Crippen LogP contribution in [0.2, 0.25) is 0 Å². The summed E-state index contributed by atoms with van der Waals surface area (Å²) in [5, 5.41) is 3.57. The third kappa shape index (κ3) is 7.74. The van der Waals surface area contributed by atoms with Gasteiger partial charge in [0, 0.05) is 32.2 Å². The lowest BCUT2D eigenvalue weighted by Crippen LogP contribution is -2.35. The highest BCUT2D eigenvalue weighted by atomic mass is 16.7. The molecule has 0 aromatic heterocycles. The first kappa shape index (κ1) is 16.9. The maximum atomic E-state index is 5.52. The van der Waals surface area contributed by atoms with E-state index in [-0.39, 0.29) is 6.29 Å².